The monoisotopic (exact) mass is 480 g/mol. The molecular formula is C25H21FN2O5S. The van der Waals surface area contributed by atoms with E-state index in [0.29, 0.717) is 17.0 Å². The number of carbonyl (C=O) groups excluding carboxylic acids is 2. The van der Waals surface area contributed by atoms with Crippen molar-refractivity contribution in [1.82, 2.24) is 0 Å². The third kappa shape index (κ3) is 3.03. The molecule has 0 saturated carbocycles. The lowest BCUT2D eigenvalue weighted by atomic mass is 10.0. The van der Waals surface area contributed by atoms with E-state index in [1.165, 1.54) is 36.3 Å². The van der Waals surface area contributed by atoms with E-state index >= 15 is 0 Å². The van der Waals surface area contributed by atoms with Gasteiger partial charge < -0.3 is 9.64 Å². The highest BCUT2D eigenvalue weighted by Gasteiger charge is 2.69. The van der Waals surface area contributed by atoms with Gasteiger partial charge in [-0.1, -0.05) is 23.8 Å². The minimum atomic E-state index is -4.27. The standard InChI is InChI=1S/C25H21FN2O5S/c1-16-3-12-22-21(13-16)25(24(30)27(22)14-17-4-6-18(26)7-5-17)28(23(29)15-34(25,31)32)19-8-10-20(33-2)11-9-19/h3-13H,14-15H2,1-2H3/t25-/m1/s1. The van der Waals surface area contributed by atoms with Crippen LogP contribution < -0.4 is 14.5 Å². The summed E-state index contributed by atoms with van der Waals surface area (Å²) in [6.07, 6.45) is 0. The molecule has 2 amide bonds. The molecule has 1 fully saturated rings. The Kier molecular flexibility index (Phi) is 4.98. The molecule has 2 heterocycles. The molecule has 1 atom stereocenters. The molecule has 34 heavy (non-hydrogen) atoms. The molecule has 0 aromatic heterocycles. The van der Waals surface area contributed by atoms with E-state index in [1.807, 2.05) is 0 Å². The van der Waals surface area contributed by atoms with E-state index in [0.717, 1.165) is 10.5 Å². The average molecular weight is 481 g/mol. The van der Waals surface area contributed by atoms with E-state index in [9.17, 15) is 22.4 Å². The van der Waals surface area contributed by atoms with Crippen LogP contribution in [-0.4, -0.2) is 33.1 Å². The zero-order valence-electron chi connectivity index (χ0n) is 18.5. The zero-order valence-corrected chi connectivity index (χ0v) is 19.3. The maximum Gasteiger partial charge on any atom is 0.274 e. The van der Waals surface area contributed by atoms with E-state index in [4.69, 9.17) is 4.74 Å². The van der Waals surface area contributed by atoms with Crippen LogP contribution in [0.25, 0.3) is 0 Å². The van der Waals surface area contributed by atoms with Gasteiger partial charge in [0.1, 0.15) is 17.3 Å². The number of halogens is 1. The minimum absolute atomic E-state index is 0.0249. The van der Waals surface area contributed by atoms with Gasteiger partial charge >= 0.3 is 0 Å². The van der Waals surface area contributed by atoms with Crippen LogP contribution in [0.15, 0.2) is 66.7 Å². The Bertz CT molecular complexity index is 1420. The fourth-order valence-corrected chi connectivity index (χ4v) is 6.74. The summed E-state index contributed by atoms with van der Waals surface area (Å²) in [7, 11) is -2.77. The predicted octanol–water partition coefficient (Wildman–Crippen LogP) is 3.30. The number of amides is 2. The molecule has 2 aliphatic rings. The molecule has 2 aliphatic heterocycles. The first-order valence-corrected chi connectivity index (χ1v) is 12.2. The molecule has 1 saturated heterocycles. The summed E-state index contributed by atoms with van der Waals surface area (Å²) < 4.78 is 45.9. The van der Waals surface area contributed by atoms with Gasteiger partial charge in [-0.2, -0.15) is 0 Å². The Morgan fingerprint density at radius 2 is 1.68 bits per heavy atom. The summed E-state index contributed by atoms with van der Waals surface area (Å²) in [5.41, 5.74) is 2.28. The van der Waals surface area contributed by atoms with Gasteiger partial charge in [-0.3, -0.25) is 14.5 Å². The second-order valence-corrected chi connectivity index (χ2v) is 10.5. The molecule has 0 N–H and O–H groups in total. The Hall–Kier alpha value is -3.72. The second-order valence-electron chi connectivity index (χ2n) is 8.37. The summed E-state index contributed by atoms with van der Waals surface area (Å²) in [4.78, 5) is 27.5. The van der Waals surface area contributed by atoms with Crippen molar-refractivity contribution in [2.45, 2.75) is 18.3 Å². The van der Waals surface area contributed by atoms with E-state index in [1.54, 1.807) is 49.4 Å². The molecule has 0 unspecified atom stereocenters. The number of rotatable bonds is 4. The molecule has 1 spiro atoms. The summed E-state index contributed by atoms with van der Waals surface area (Å²) in [5, 5.41) is 0. The lowest BCUT2D eigenvalue weighted by Crippen LogP contribution is -2.54. The largest absolute Gasteiger partial charge is 0.497 e. The number of anilines is 2. The van der Waals surface area contributed by atoms with Crippen molar-refractivity contribution in [1.29, 1.82) is 0 Å². The number of methoxy groups -OCH3 is 1. The highest BCUT2D eigenvalue weighted by molar-refractivity contribution is 7.94. The maximum atomic E-state index is 14.1. The molecule has 174 valence electrons. The lowest BCUT2D eigenvalue weighted by Gasteiger charge is -2.32. The van der Waals surface area contributed by atoms with Crippen LogP contribution in [-0.2, 0) is 30.8 Å². The molecule has 0 radical (unpaired) electrons. The van der Waals surface area contributed by atoms with Crippen molar-refractivity contribution in [2.24, 2.45) is 0 Å². The topological polar surface area (TPSA) is 84.0 Å². The smallest absolute Gasteiger partial charge is 0.274 e. The fraction of sp³-hybridized carbons (Fsp3) is 0.200. The second kappa shape index (κ2) is 7.66. The van der Waals surface area contributed by atoms with Crippen LogP contribution in [0.3, 0.4) is 0 Å². The van der Waals surface area contributed by atoms with Gasteiger partial charge in [-0.05, 0) is 61.0 Å². The first kappa shape index (κ1) is 22.1. The fourth-order valence-electron chi connectivity index (χ4n) is 4.71. The number of nitrogens with zero attached hydrogens (tertiary/aromatic N) is 2. The number of hydrogen-bond donors (Lipinski definition) is 0. The molecule has 3 aromatic carbocycles. The lowest BCUT2D eigenvalue weighted by molar-refractivity contribution is -0.123. The third-order valence-corrected chi connectivity index (χ3v) is 8.36. The molecule has 0 bridgehead atoms. The van der Waals surface area contributed by atoms with Crippen molar-refractivity contribution in [2.75, 3.05) is 22.7 Å². The first-order valence-electron chi connectivity index (χ1n) is 10.6. The number of ether oxygens (including phenoxy) is 1. The molecule has 5 rings (SSSR count). The SMILES string of the molecule is COc1ccc(N2C(=O)CS(=O)(=O)[C@]23C(=O)N(Cc2ccc(F)cc2)c2ccc(C)cc23)cc1. The Morgan fingerprint density at radius 1 is 1.00 bits per heavy atom. The van der Waals surface area contributed by atoms with Gasteiger partial charge in [0.25, 0.3) is 10.8 Å². The van der Waals surface area contributed by atoms with Gasteiger partial charge in [-0.15, -0.1) is 0 Å². The summed E-state index contributed by atoms with van der Waals surface area (Å²) >= 11 is 0. The Balaban J connectivity index is 1.73. The van der Waals surface area contributed by atoms with Gasteiger partial charge in [-0.25, -0.2) is 12.8 Å². The van der Waals surface area contributed by atoms with Gasteiger partial charge in [0.05, 0.1) is 19.3 Å². The normalized spacial score (nSPS) is 20.8. The van der Waals surface area contributed by atoms with Gasteiger partial charge in [0, 0.05) is 11.3 Å². The van der Waals surface area contributed by atoms with Gasteiger partial charge in [0.2, 0.25) is 5.91 Å². The Morgan fingerprint density at radius 3 is 2.32 bits per heavy atom. The number of aryl methyl sites for hydroxylation is 1. The first-order chi connectivity index (χ1) is 16.2. The minimum Gasteiger partial charge on any atom is -0.497 e. The van der Waals surface area contributed by atoms with Crippen molar-refractivity contribution in [3.05, 3.63) is 89.2 Å². The van der Waals surface area contributed by atoms with E-state index < -0.39 is 38.1 Å². The van der Waals surface area contributed by atoms with Crippen molar-refractivity contribution < 1.29 is 27.1 Å². The van der Waals surface area contributed by atoms with Crippen LogP contribution in [0.1, 0.15) is 16.7 Å². The quantitative estimate of drug-likeness (QED) is 0.572. The summed E-state index contributed by atoms with van der Waals surface area (Å²) in [5.74, 6) is -2.10. The van der Waals surface area contributed by atoms with Crippen molar-refractivity contribution >= 4 is 33.0 Å². The summed E-state index contributed by atoms with van der Waals surface area (Å²) in [6, 6.07) is 17.1. The van der Waals surface area contributed by atoms with E-state index in [-0.39, 0.29) is 17.8 Å². The molecule has 7 nitrogen and oxygen atoms in total. The molecule has 3 aromatic rings. The van der Waals surface area contributed by atoms with Crippen LogP contribution >= 0.6 is 0 Å². The van der Waals surface area contributed by atoms with Gasteiger partial charge in [0.15, 0.2) is 9.84 Å². The maximum absolute atomic E-state index is 14.1. The summed E-state index contributed by atoms with van der Waals surface area (Å²) in [6.45, 7) is 1.82. The number of fused-ring (bicyclic) bond motifs is 2. The van der Waals surface area contributed by atoms with Crippen LogP contribution in [0.5, 0.6) is 5.75 Å². The molecule has 0 aliphatic carbocycles. The number of hydrogen-bond acceptors (Lipinski definition) is 5. The predicted molar refractivity (Wildman–Crippen MR) is 125 cm³/mol. The van der Waals surface area contributed by atoms with Crippen LogP contribution in [0.2, 0.25) is 0 Å². The third-order valence-electron chi connectivity index (χ3n) is 6.26. The van der Waals surface area contributed by atoms with Crippen LogP contribution in [0, 0.1) is 12.7 Å². The average Bonchev–Trinajstić information content (AvgIpc) is 3.17. The van der Waals surface area contributed by atoms with Crippen molar-refractivity contribution in [3.63, 3.8) is 0 Å². The van der Waals surface area contributed by atoms with Crippen molar-refractivity contribution in [3.8, 4) is 5.75 Å². The number of benzene rings is 3. The Labute approximate surface area is 196 Å². The molecule has 9 heteroatoms. The highest BCUT2D eigenvalue weighted by Crippen LogP contribution is 2.53. The zero-order chi connectivity index (χ0) is 24.3. The van der Waals surface area contributed by atoms with Crippen LogP contribution in [0.4, 0.5) is 15.8 Å². The molecular weight excluding hydrogens is 459 g/mol. The highest BCUT2D eigenvalue weighted by atomic mass is 32.2. The van der Waals surface area contributed by atoms with E-state index in [2.05, 4.69) is 0 Å². The number of sulfone groups is 1. The number of carbonyl (C=O) groups is 2.